The minimum atomic E-state index is 0.454. The molecule has 0 radical (unpaired) electrons. The van der Waals surface area contributed by atoms with Gasteiger partial charge in [0, 0.05) is 19.6 Å². The van der Waals surface area contributed by atoms with Crippen molar-refractivity contribution < 1.29 is 0 Å². The SMILES string of the molecule is CC(C1CC1)N(C)c1cnc(CN)cn1. The van der Waals surface area contributed by atoms with Gasteiger partial charge in [0.1, 0.15) is 5.82 Å². The minimum Gasteiger partial charge on any atom is -0.355 e. The van der Waals surface area contributed by atoms with E-state index in [2.05, 4.69) is 28.8 Å². The van der Waals surface area contributed by atoms with Crippen LogP contribution in [0.5, 0.6) is 0 Å². The Kier molecular flexibility index (Phi) is 2.86. The average Bonchev–Trinajstić information content (AvgIpc) is 3.11. The van der Waals surface area contributed by atoms with Gasteiger partial charge in [-0.3, -0.25) is 4.98 Å². The number of nitrogens with zero attached hydrogens (tertiary/aromatic N) is 3. The van der Waals surface area contributed by atoms with Gasteiger partial charge < -0.3 is 10.6 Å². The van der Waals surface area contributed by atoms with E-state index >= 15 is 0 Å². The predicted octanol–water partition coefficient (Wildman–Crippen LogP) is 1.17. The molecule has 4 nitrogen and oxygen atoms in total. The lowest BCUT2D eigenvalue weighted by molar-refractivity contribution is 0.602. The van der Waals surface area contributed by atoms with Crippen molar-refractivity contribution in [2.24, 2.45) is 11.7 Å². The molecule has 1 fully saturated rings. The number of hydrogen-bond donors (Lipinski definition) is 1. The standard InChI is InChI=1S/C11H18N4/c1-8(9-3-4-9)15(2)11-7-13-10(5-12)6-14-11/h6-9H,3-5,12H2,1-2H3. The number of hydrogen-bond acceptors (Lipinski definition) is 4. The van der Waals surface area contributed by atoms with E-state index in [9.17, 15) is 0 Å². The third kappa shape index (κ3) is 2.26. The van der Waals surface area contributed by atoms with Crippen LogP contribution in [0.25, 0.3) is 0 Å². The molecule has 0 bridgehead atoms. The smallest absolute Gasteiger partial charge is 0.147 e. The van der Waals surface area contributed by atoms with Crippen LogP contribution in [-0.2, 0) is 6.54 Å². The molecule has 0 amide bonds. The monoisotopic (exact) mass is 206 g/mol. The quantitative estimate of drug-likeness (QED) is 0.803. The summed E-state index contributed by atoms with van der Waals surface area (Å²) in [7, 11) is 2.08. The summed E-state index contributed by atoms with van der Waals surface area (Å²) in [6, 6.07) is 0.558. The van der Waals surface area contributed by atoms with Gasteiger partial charge >= 0.3 is 0 Å². The van der Waals surface area contributed by atoms with Crippen molar-refractivity contribution in [2.75, 3.05) is 11.9 Å². The van der Waals surface area contributed by atoms with Crippen LogP contribution < -0.4 is 10.6 Å². The van der Waals surface area contributed by atoms with Crippen LogP contribution in [0.1, 0.15) is 25.5 Å². The van der Waals surface area contributed by atoms with Crippen molar-refractivity contribution >= 4 is 5.82 Å². The maximum Gasteiger partial charge on any atom is 0.147 e. The third-order valence-electron chi connectivity index (χ3n) is 3.18. The highest BCUT2D eigenvalue weighted by Crippen LogP contribution is 2.35. The summed E-state index contributed by atoms with van der Waals surface area (Å²) in [5.74, 6) is 1.78. The topological polar surface area (TPSA) is 55.0 Å². The Morgan fingerprint density at radius 3 is 2.67 bits per heavy atom. The second-order valence-electron chi connectivity index (χ2n) is 4.26. The van der Waals surface area contributed by atoms with Crippen molar-refractivity contribution in [1.29, 1.82) is 0 Å². The molecule has 1 aromatic rings. The van der Waals surface area contributed by atoms with Crippen LogP contribution in [0.3, 0.4) is 0 Å². The van der Waals surface area contributed by atoms with Gasteiger partial charge in [0.25, 0.3) is 0 Å². The molecule has 1 aliphatic carbocycles. The summed E-state index contributed by atoms with van der Waals surface area (Å²) >= 11 is 0. The Balaban J connectivity index is 2.07. The Labute approximate surface area is 90.5 Å². The predicted molar refractivity (Wildman–Crippen MR) is 60.5 cm³/mol. The summed E-state index contributed by atoms with van der Waals surface area (Å²) in [5.41, 5.74) is 6.32. The molecule has 1 heterocycles. The van der Waals surface area contributed by atoms with E-state index in [-0.39, 0.29) is 0 Å². The van der Waals surface area contributed by atoms with E-state index in [4.69, 9.17) is 5.73 Å². The molecule has 2 rings (SSSR count). The van der Waals surface area contributed by atoms with E-state index in [0.29, 0.717) is 12.6 Å². The second-order valence-corrected chi connectivity index (χ2v) is 4.26. The molecule has 2 N–H and O–H groups in total. The fraction of sp³-hybridized carbons (Fsp3) is 0.636. The summed E-state index contributed by atoms with van der Waals surface area (Å²) in [5, 5.41) is 0. The van der Waals surface area contributed by atoms with Gasteiger partial charge in [0.2, 0.25) is 0 Å². The first-order chi connectivity index (χ1) is 7.22. The Hall–Kier alpha value is -1.16. The van der Waals surface area contributed by atoms with E-state index in [1.165, 1.54) is 12.8 Å². The molecule has 0 aliphatic heterocycles. The largest absolute Gasteiger partial charge is 0.355 e. The first-order valence-electron chi connectivity index (χ1n) is 5.46. The highest BCUT2D eigenvalue weighted by atomic mass is 15.2. The molecule has 82 valence electrons. The molecule has 1 saturated carbocycles. The van der Waals surface area contributed by atoms with Gasteiger partial charge in [-0.15, -0.1) is 0 Å². The highest BCUT2D eigenvalue weighted by Gasteiger charge is 2.31. The first kappa shape index (κ1) is 10.4. The lowest BCUT2D eigenvalue weighted by Crippen LogP contribution is -2.31. The molecule has 1 aromatic heterocycles. The fourth-order valence-corrected chi connectivity index (χ4v) is 1.74. The summed E-state index contributed by atoms with van der Waals surface area (Å²) in [6.45, 7) is 2.70. The van der Waals surface area contributed by atoms with Gasteiger partial charge in [-0.1, -0.05) is 0 Å². The number of rotatable bonds is 4. The molecule has 0 aromatic carbocycles. The summed E-state index contributed by atoms with van der Waals surface area (Å²) in [4.78, 5) is 10.8. The lowest BCUT2D eigenvalue weighted by atomic mass is 10.2. The Morgan fingerprint density at radius 1 is 1.47 bits per heavy atom. The first-order valence-corrected chi connectivity index (χ1v) is 5.46. The molecule has 1 atom stereocenters. The average molecular weight is 206 g/mol. The molecule has 4 heteroatoms. The molecule has 1 aliphatic rings. The zero-order valence-corrected chi connectivity index (χ0v) is 9.35. The van der Waals surface area contributed by atoms with Crippen molar-refractivity contribution in [2.45, 2.75) is 32.4 Å². The fourth-order valence-electron chi connectivity index (χ4n) is 1.74. The van der Waals surface area contributed by atoms with Gasteiger partial charge in [0.05, 0.1) is 18.1 Å². The maximum absolute atomic E-state index is 5.48. The van der Waals surface area contributed by atoms with E-state index in [1.807, 2.05) is 0 Å². The zero-order valence-electron chi connectivity index (χ0n) is 9.35. The lowest BCUT2D eigenvalue weighted by Gasteiger charge is -2.25. The highest BCUT2D eigenvalue weighted by molar-refractivity contribution is 5.36. The van der Waals surface area contributed by atoms with E-state index < -0.39 is 0 Å². The van der Waals surface area contributed by atoms with Crippen molar-refractivity contribution in [3.8, 4) is 0 Å². The van der Waals surface area contributed by atoms with Gasteiger partial charge in [-0.25, -0.2) is 4.98 Å². The summed E-state index contributed by atoms with van der Waals surface area (Å²) in [6.07, 6.45) is 6.26. The van der Waals surface area contributed by atoms with Gasteiger partial charge in [-0.05, 0) is 25.7 Å². The second kappa shape index (κ2) is 4.14. The van der Waals surface area contributed by atoms with Crippen LogP contribution in [0.2, 0.25) is 0 Å². The van der Waals surface area contributed by atoms with Crippen LogP contribution in [0, 0.1) is 5.92 Å². The molecular formula is C11H18N4. The van der Waals surface area contributed by atoms with Crippen LogP contribution in [0.15, 0.2) is 12.4 Å². The minimum absolute atomic E-state index is 0.454. The molecule has 0 saturated heterocycles. The molecule has 1 unspecified atom stereocenters. The maximum atomic E-state index is 5.48. The molecule has 0 spiro atoms. The van der Waals surface area contributed by atoms with Crippen LogP contribution in [0.4, 0.5) is 5.82 Å². The normalized spacial score (nSPS) is 17.5. The van der Waals surface area contributed by atoms with E-state index in [1.54, 1.807) is 12.4 Å². The Morgan fingerprint density at radius 2 is 2.20 bits per heavy atom. The van der Waals surface area contributed by atoms with Gasteiger partial charge in [-0.2, -0.15) is 0 Å². The number of nitrogens with two attached hydrogens (primary N) is 1. The summed E-state index contributed by atoms with van der Waals surface area (Å²) < 4.78 is 0. The van der Waals surface area contributed by atoms with Crippen LogP contribution in [-0.4, -0.2) is 23.1 Å². The number of anilines is 1. The number of aromatic nitrogens is 2. The molecule has 15 heavy (non-hydrogen) atoms. The zero-order chi connectivity index (χ0) is 10.8. The van der Waals surface area contributed by atoms with E-state index in [0.717, 1.165) is 17.4 Å². The Bertz CT molecular complexity index is 318. The van der Waals surface area contributed by atoms with Crippen molar-refractivity contribution in [3.05, 3.63) is 18.1 Å². The van der Waals surface area contributed by atoms with Crippen molar-refractivity contribution in [3.63, 3.8) is 0 Å². The van der Waals surface area contributed by atoms with Crippen LogP contribution >= 0.6 is 0 Å². The third-order valence-corrected chi connectivity index (χ3v) is 3.18. The van der Waals surface area contributed by atoms with Gasteiger partial charge in [0.15, 0.2) is 0 Å². The van der Waals surface area contributed by atoms with Crippen molar-refractivity contribution in [1.82, 2.24) is 9.97 Å². The molecular weight excluding hydrogens is 188 g/mol.